The minimum atomic E-state index is -0.482. The summed E-state index contributed by atoms with van der Waals surface area (Å²) in [5.41, 5.74) is 6.10. The first-order chi connectivity index (χ1) is 9.40. The van der Waals surface area contributed by atoms with E-state index in [0.29, 0.717) is 18.8 Å². The van der Waals surface area contributed by atoms with Crippen molar-refractivity contribution < 1.29 is 9.59 Å². The number of rotatable bonds is 5. The zero-order chi connectivity index (χ0) is 15.3. The number of benzene rings is 1. The van der Waals surface area contributed by atoms with Gasteiger partial charge in [0.1, 0.15) is 0 Å². The van der Waals surface area contributed by atoms with Gasteiger partial charge < -0.3 is 16.0 Å². The summed E-state index contributed by atoms with van der Waals surface area (Å²) >= 11 is 11.8. The molecule has 0 bridgehead atoms. The first kappa shape index (κ1) is 16.6. The standard InChI is InChI=1S/C13H17Cl2N3O2/c1-3-18(4-2)11(19)7-17-13(20)9-5-8(16)6-10(14)12(9)15/h5-6H,3-4,7,16H2,1-2H3,(H,17,20). The van der Waals surface area contributed by atoms with Crippen LogP contribution in [0.15, 0.2) is 12.1 Å². The van der Waals surface area contributed by atoms with E-state index in [4.69, 9.17) is 28.9 Å². The predicted octanol–water partition coefficient (Wildman–Crippen LogP) is 2.17. The molecule has 3 N–H and O–H groups in total. The van der Waals surface area contributed by atoms with Crippen LogP contribution in [-0.4, -0.2) is 36.3 Å². The number of nitrogens with zero attached hydrogens (tertiary/aromatic N) is 1. The van der Waals surface area contributed by atoms with Crippen LogP contribution in [0.2, 0.25) is 10.0 Å². The van der Waals surface area contributed by atoms with Crippen molar-refractivity contribution in [2.24, 2.45) is 0 Å². The summed E-state index contributed by atoms with van der Waals surface area (Å²) in [6, 6.07) is 2.88. The second-order valence-electron chi connectivity index (χ2n) is 4.11. The Hall–Kier alpha value is -1.46. The topological polar surface area (TPSA) is 75.4 Å². The summed E-state index contributed by atoms with van der Waals surface area (Å²) < 4.78 is 0. The lowest BCUT2D eigenvalue weighted by molar-refractivity contribution is -0.129. The Morgan fingerprint density at radius 3 is 2.40 bits per heavy atom. The van der Waals surface area contributed by atoms with Crippen LogP contribution in [-0.2, 0) is 4.79 Å². The second-order valence-corrected chi connectivity index (χ2v) is 4.90. The van der Waals surface area contributed by atoms with Crippen molar-refractivity contribution >= 4 is 40.7 Å². The van der Waals surface area contributed by atoms with Crippen LogP contribution in [0.25, 0.3) is 0 Å². The summed E-state index contributed by atoms with van der Waals surface area (Å²) in [6.07, 6.45) is 0. The van der Waals surface area contributed by atoms with Crippen molar-refractivity contribution in [3.8, 4) is 0 Å². The van der Waals surface area contributed by atoms with Crippen molar-refractivity contribution in [3.63, 3.8) is 0 Å². The molecule has 0 aliphatic carbocycles. The molecule has 110 valence electrons. The van der Waals surface area contributed by atoms with Gasteiger partial charge in [0.2, 0.25) is 5.91 Å². The Labute approximate surface area is 128 Å². The van der Waals surface area contributed by atoms with Crippen LogP contribution in [0.3, 0.4) is 0 Å². The first-order valence-corrected chi connectivity index (χ1v) is 6.96. The highest BCUT2D eigenvalue weighted by molar-refractivity contribution is 6.44. The molecule has 7 heteroatoms. The fraction of sp³-hybridized carbons (Fsp3) is 0.385. The largest absolute Gasteiger partial charge is 0.399 e. The smallest absolute Gasteiger partial charge is 0.253 e. The number of nitrogen functional groups attached to an aromatic ring is 1. The van der Waals surface area contributed by atoms with Crippen molar-refractivity contribution in [2.75, 3.05) is 25.4 Å². The zero-order valence-corrected chi connectivity index (χ0v) is 12.9. The van der Waals surface area contributed by atoms with Gasteiger partial charge in [0, 0.05) is 18.8 Å². The van der Waals surface area contributed by atoms with Gasteiger partial charge in [-0.1, -0.05) is 23.2 Å². The van der Waals surface area contributed by atoms with Gasteiger partial charge in [0.25, 0.3) is 5.91 Å². The number of likely N-dealkylation sites (N-methyl/N-ethyl adjacent to an activating group) is 1. The number of halogens is 2. The van der Waals surface area contributed by atoms with Crippen molar-refractivity contribution in [3.05, 3.63) is 27.7 Å². The minimum absolute atomic E-state index is 0.0940. The van der Waals surface area contributed by atoms with Crippen LogP contribution >= 0.6 is 23.2 Å². The van der Waals surface area contributed by atoms with Gasteiger partial charge in [-0.3, -0.25) is 9.59 Å². The molecule has 1 aromatic rings. The molecule has 0 radical (unpaired) electrons. The third-order valence-electron chi connectivity index (χ3n) is 2.81. The molecule has 5 nitrogen and oxygen atoms in total. The fourth-order valence-electron chi connectivity index (χ4n) is 1.71. The number of hydrogen-bond acceptors (Lipinski definition) is 3. The number of nitrogens with one attached hydrogen (secondary N) is 1. The Bertz CT molecular complexity index is 517. The van der Waals surface area contributed by atoms with E-state index in [1.807, 2.05) is 13.8 Å². The Morgan fingerprint density at radius 1 is 1.25 bits per heavy atom. The van der Waals surface area contributed by atoms with E-state index in [2.05, 4.69) is 5.32 Å². The molecule has 0 aromatic heterocycles. The Balaban J connectivity index is 2.75. The van der Waals surface area contributed by atoms with Gasteiger partial charge in [-0.2, -0.15) is 0 Å². The molecule has 20 heavy (non-hydrogen) atoms. The second kappa shape index (κ2) is 7.36. The molecule has 0 saturated heterocycles. The lowest BCUT2D eigenvalue weighted by Crippen LogP contribution is -2.40. The highest BCUT2D eigenvalue weighted by Gasteiger charge is 2.16. The third kappa shape index (κ3) is 4.02. The quantitative estimate of drug-likeness (QED) is 0.817. The van der Waals surface area contributed by atoms with Crippen molar-refractivity contribution in [1.29, 1.82) is 0 Å². The number of nitrogens with two attached hydrogens (primary N) is 1. The molecule has 0 fully saturated rings. The van der Waals surface area contributed by atoms with E-state index >= 15 is 0 Å². The minimum Gasteiger partial charge on any atom is -0.399 e. The molecule has 0 aliphatic heterocycles. The SMILES string of the molecule is CCN(CC)C(=O)CNC(=O)c1cc(N)cc(Cl)c1Cl. The maximum atomic E-state index is 12.0. The molecular weight excluding hydrogens is 301 g/mol. The summed E-state index contributed by atoms with van der Waals surface area (Å²) in [7, 11) is 0. The van der Waals surface area contributed by atoms with Crippen molar-refractivity contribution in [2.45, 2.75) is 13.8 Å². The molecule has 0 saturated carbocycles. The molecule has 1 aromatic carbocycles. The van der Waals surface area contributed by atoms with Gasteiger partial charge in [-0.15, -0.1) is 0 Å². The van der Waals surface area contributed by atoms with E-state index in [1.165, 1.54) is 12.1 Å². The lowest BCUT2D eigenvalue weighted by Gasteiger charge is -2.18. The number of anilines is 1. The molecule has 0 atom stereocenters. The monoisotopic (exact) mass is 317 g/mol. The predicted molar refractivity (Wildman–Crippen MR) is 81.1 cm³/mol. The normalized spacial score (nSPS) is 10.2. The average molecular weight is 318 g/mol. The summed E-state index contributed by atoms with van der Waals surface area (Å²) in [4.78, 5) is 25.4. The first-order valence-electron chi connectivity index (χ1n) is 6.21. The van der Waals surface area contributed by atoms with Gasteiger partial charge in [-0.25, -0.2) is 0 Å². The average Bonchev–Trinajstić information content (AvgIpc) is 2.41. The number of carbonyl (C=O) groups is 2. The lowest BCUT2D eigenvalue weighted by atomic mass is 10.2. The molecule has 0 spiro atoms. The van der Waals surface area contributed by atoms with E-state index in [0.717, 1.165) is 0 Å². The maximum absolute atomic E-state index is 12.0. The Morgan fingerprint density at radius 2 is 1.85 bits per heavy atom. The van der Waals surface area contributed by atoms with Crippen LogP contribution in [0, 0.1) is 0 Å². The van der Waals surface area contributed by atoms with E-state index in [-0.39, 0.29) is 28.1 Å². The van der Waals surface area contributed by atoms with Crippen LogP contribution < -0.4 is 11.1 Å². The van der Waals surface area contributed by atoms with Crippen LogP contribution in [0.4, 0.5) is 5.69 Å². The molecule has 2 amide bonds. The number of amides is 2. The molecular formula is C13H17Cl2N3O2. The highest BCUT2D eigenvalue weighted by Crippen LogP contribution is 2.28. The van der Waals surface area contributed by atoms with Gasteiger partial charge in [0.15, 0.2) is 0 Å². The maximum Gasteiger partial charge on any atom is 0.253 e. The van der Waals surface area contributed by atoms with Crippen molar-refractivity contribution in [1.82, 2.24) is 10.2 Å². The van der Waals surface area contributed by atoms with Crippen LogP contribution in [0.1, 0.15) is 24.2 Å². The third-order valence-corrected chi connectivity index (χ3v) is 3.61. The fourth-order valence-corrected chi connectivity index (χ4v) is 2.14. The van der Waals surface area contributed by atoms with E-state index in [1.54, 1.807) is 4.90 Å². The number of hydrogen-bond donors (Lipinski definition) is 2. The van der Waals surface area contributed by atoms with E-state index in [9.17, 15) is 9.59 Å². The summed E-state index contributed by atoms with van der Waals surface area (Å²) in [5.74, 6) is -0.640. The summed E-state index contributed by atoms with van der Waals surface area (Å²) in [5, 5.41) is 2.83. The van der Waals surface area contributed by atoms with Crippen LogP contribution in [0.5, 0.6) is 0 Å². The summed E-state index contributed by atoms with van der Waals surface area (Å²) in [6.45, 7) is 4.84. The zero-order valence-electron chi connectivity index (χ0n) is 11.4. The van der Waals surface area contributed by atoms with E-state index < -0.39 is 5.91 Å². The van der Waals surface area contributed by atoms with Gasteiger partial charge in [0.05, 0.1) is 22.2 Å². The van der Waals surface area contributed by atoms with Gasteiger partial charge >= 0.3 is 0 Å². The Kier molecular flexibility index (Phi) is 6.10. The highest BCUT2D eigenvalue weighted by atomic mass is 35.5. The van der Waals surface area contributed by atoms with Gasteiger partial charge in [-0.05, 0) is 26.0 Å². The molecule has 1 rings (SSSR count). The number of carbonyl (C=O) groups excluding carboxylic acids is 2. The molecule has 0 heterocycles. The molecule has 0 unspecified atom stereocenters. The molecule has 0 aliphatic rings.